The quantitative estimate of drug-likeness (QED) is 0.205. The van der Waals surface area contributed by atoms with E-state index in [1.54, 1.807) is 6.92 Å². The smallest absolute Gasteiger partial charge is 0.331 e. The van der Waals surface area contributed by atoms with Crippen LogP contribution < -0.4 is 0 Å². The number of hydrogen-bond donors (Lipinski definition) is 4. The molecule has 6 rings (SSSR count). The largest absolute Gasteiger partial charge is 0.458 e. The minimum atomic E-state index is -1.36. The Kier molecular flexibility index (Phi) is 7.63. The van der Waals surface area contributed by atoms with Gasteiger partial charge in [0.1, 0.15) is 25.1 Å². The number of rotatable bonds is 5. The Hall–Kier alpha value is -1.89. The second kappa shape index (κ2) is 10.6. The summed E-state index contributed by atoms with van der Waals surface area (Å²) in [4.78, 5) is 36.4. The highest BCUT2D eigenvalue weighted by molar-refractivity contribution is 5.85. The average molecular weight is 593 g/mol. The van der Waals surface area contributed by atoms with Gasteiger partial charge in [0.05, 0.1) is 23.9 Å². The number of carbonyl (C=O) groups is 3. The summed E-state index contributed by atoms with van der Waals surface area (Å²) in [6.45, 7) is 5.00. The lowest BCUT2D eigenvalue weighted by Gasteiger charge is -2.63. The molecule has 1 saturated heterocycles. The SMILES string of the molecule is CC(=O)O[C@@H]1[C@@H](O)[C@H](C)O[C@@H](OC2CC[C@@]3(C=O)C(CC[C@@H]4[C@@H]3CC[C@]3(C)[C@@H](C5=CC(=O)OC5)C(O)C[C@]43O)C2)[C@@H]1O. The van der Waals surface area contributed by atoms with Gasteiger partial charge in [0.2, 0.25) is 0 Å². The normalized spacial score (nSPS) is 51.9. The van der Waals surface area contributed by atoms with Crippen LogP contribution in [0.1, 0.15) is 72.1 Å². The fraction of sp³-hybridized carbons (Fsp3) is 0.839. The molecule has 0 aromatic rings. The molecule has 2 heterocycles. The summed E-state index contributed by atoms with van der Waals surface area (Å²) >= 11 is 0. The maximum atomic E-state index is 13.0. The van der Waals surface area contributed by atoms with E-state index in [9.17, 15) is 34.8 Å². The van der Waals surface area contributed by atoms with Crippen LogP contribution in [0.4, 0.5) is 0 Å². The molecule has 11 nitrogen and oxygen atoms in total. The maximum Gasteiger partial charge on any atom is 0.331 e. The van der Waals surface area contributed by atoms with Crippen LogP contribution in [0.15, 0.2) is 11.6 Å². The minimum absolute atomic E-state index is 0.0154. The monoisotopic (exact) mass is 592 g/mol. The molecule has 6 aliphatic rings. The summed E-state index contributed by atoms with van der Waals surface area (Å²) in [7, 11) is 0. The third-order valence-electron chi connectivity index (χ3n) is 12.1. The van der Waals surface area contributed by atoms with Crippen LogP contribution >= 0.6 is 0 Å². The standard InChI is InChI=1S/C31H44O11/c1-15-25(36)27(41-16(2)33)26(37)28(40-15)42-19-6-9-30(14-32)18(11-19)4-5-21-20(30)7-8-29(3)24(17-10-23(35)39-13-17)22(34)12-31(21,29)38/h10,14-15,18-22,24-28,34,36-38H,4-9,11-13H2,1-3H3/t15-,18?,19?,20-,21+,22?,24-,25-,26+,27+,28-,29+,30+,31-/m0/s1. The summed E-state index contributed by atoms with van der Waals surface area (Å²) in [5, 5.41) is 44.9. The predicted molar refractivity (Wildman–Crippen MR) is 144 cm³/mol. The second-order valence-electron chi connectivity index (χ2n) is 14.0. The van der Waals surface area contributed by atoms with E-state index in [-0.39, 0.29) is 42.8 Å². The fourth-order valence-corrected chi connectivity index (χ4v) is 10.1. The van der Waals surface area contributed by atoms with E-state index in [1.165, 1.54) is 13.0 Å². The van der Waals surface area contributed by atoms with E-state index >= 15 is 0 Å². The lowest BCUT2D eigenvalue weighted by Crippen LogP contribution is -2.63. The molecule has 4 aliphatic carbocycles. The Morgan fingerprint density at radius 2 is 1.86 bits per heavy atom. The maximum absolute atomic E-state index is 13.0. The third kappa shape index (κ3) is 4.41. The van der Waals surface area contributed by atoms with Crippen LogP contribution in [-0.4, -0.2) is 93.8 Å². The van der Waals surface area contributed by atoms with Crippen molar-refractivity contribution in [3.05, 3.63) is 11.6 Å². The molecule has 5 fully saturated rings. The first-order chi connectivity index (χ1) is 19.8. The number of esters is 2. The molecule has 4 saturated carbocycles. The van der Waals surface area contributed by atoms with Crippen molar-refractivity contribution in [1.82, 2.24) is 0 Å². The van der Waals surface area contributed by atoms with Gasteiger partial charge in [-0.2, -0.15) is 0 Å². The molecule has 0 bridgehead atoms. The molecule has 0 radical (unpaired) electrons. The first kappa shape index (κ1) is 30.1. The molecule has 3 unspecified atom stereocenters. The van der Waals surface area contributed by atoms with Crippen LogP contribution in [0.25, 0.3) is 0 Å². The summed E-state index contributed by atoms with van der Waals surface area (Å²) in [5.41, 5.74) is -1.71. The van der Waals surface area contributed by atoms with Crippen LogP contribution in [0.3, 0.4) is 0 Å². The molecule has 2 aliphatic heterocycles. The molecule has 0 amide bonds. The molecule has 0 aromatic heterocycles. The van der Waals surface area contributed by atoms with Crippen LogP contribution in [-0.2, 0) is 33.3 Å². The van der Waals surface area contributed by atoms with Gasteiger partial charge in [-0.3, -0.25) is 4.79 Å². The topological polar surface area (TPSA) is 169 Å². The van der Waals surface area contributed by atoms with Gasteiger partial charge < -0.3 is 44.2 Å². The lowest BCUT2D eigenvalue weighted by molar-refractivity contribution is -0.311. The molecule has 42 heavy (non-hydrogen) atoms. The first-order valence-corrected chi connectivity index (χ1v) is 15.4. The van der Waals surface area contributed by atoms with Gasteiger partial charge in [-0.05, 0) is 75.2 Å². The Bertz CT molecular complexity index is 1140. The number of hydrogen-bond acceptors (Lipinski definition) is 11. The van der Waals surface area contributed by atoms with Crippen molar-refractivity contribution >= 4 is 18.2 Å². The van der Waals surface area contributed by atoms with Crippen molar-refractivity contribution in [1.29, 1.82) is 0 Å². The van der Waals surface area contributed by atoms with Crippen LogP contribution in [0.5, 0.6) is 0 Å². The van der Waals surface area contributed by atoms with Crippen molar-refractivity contribution in [2.75, 3.05) is 6.61 Å². The highest BCUT2D eigenvalue weighted by Crippen LogP contribution is 2.69. The number of ether oxygens (including phenoxy) is 4. The van der Waals surface area contributed by atoms with Gasteiger partial charge in [-0.1, -0.05) is 6.92 Å². The Balaban J connectivity index is 1.19. The third-order valence-corrected chi connectivity index (χ3v) is 12.1. The molecule has 234 valence electrons. The van der Waals surface area contributed by atoms with Crippen molar-refractivity contribution < 1.29 is 53.8 Å². The zero-order valence-corrected chi connectivity index (χ0v) is 24.5. The van der Waals surface area contributed by atoms with E-state index < -0.39 is 65.2 Å². The Labute approximate surface area is 245 Å². The Morgan fingerprint density at radius 3 is 2.52 bits per heavy atom. The van der Waals surface area contributed by atoms with Gasteiger partial charge in [-0.15, -0.1) is 0 Å². The summed E-state index contributed by atoms with van der Waals surface area (Å²) in [5.74, 6) is -1.60. The van der Waals surface area contributed by atoms with Crippen molar-refractivity contribution in [3.63, 3.8) is 0 Å². The molecular formula is C31H44O11. The molecule has 4 N–H and O–H groups in total. The number of fused-ring (bicyclic) bond motifs is 5. The number of carbonyl (C=O) groups excluding carboxylic acids is 3. The fourth-order valence-electron chi connectivity index (χ4n) is 10.1. The van der Waals surface area contributed by atoms with Crippen LogP contribution in [0, 0.1) is 34.5 Å². The number of aliphatic hydroxyl groups excluding tert-OH is 3. The summed E-state index contributed by atoms with van der Waals surface area (Å²) in [6.07, 6.45) is 0.603. The van der Waals surface area contributed by atoms with Gasteiger partial charge in [0, 0.05) is 36.2 Å². The molecule has 14 atom stereocenters. The number of aldehydes is 1. The van der Waals surface area contributed by atoms with Gasteiger partial charge in [0.15, 0.2) is 12.4 Å². The second-order valence-corrected chi connectivity index (χ2v) is 14.0. The zero-order chi connectivity index (χ0) is 30.2. The van der Waals surface area contributed by atoms with Crippen molar-refractivity contribution in [3.8, 4) is 0 Å². The zero-order valence-electron chi connectivity index (χ0n) is 24.5. The number of cyclic esters (lactones) is 1. The Morgan fingerprint density at radius 1 is 1.10 bits per heavy atom. The van der Waals surface area contributed by atoms with E-state index in [2.05, 4.69) is 0 Å². The number of aliphatic hydroxyl groups is 4. The van der Waals surface area contributed by atoms with Gasteiger partial charge >= 0.3 is 11.9 Å². The van der Waals surface area contributed by atoms with E-state index in [4.69, 9.17) is 18.9 Å². The van der Waals surface area contributed by atoms with Crippen molar-refractivity contribution in [2.45, 2.75) is 121 Å². The highest BCUT2D eigenvalue weighted by atomic mass is 16.7. The van der Waals surface area contributed by atoms with Crippen molar-refractivity contribution in [2.24, 2.45) is 34.5 Å². The molecule has 0 spiro atoms. The molecular weight excluding hydrogens is 548 g/mol. The van der Waals surface area contributed by atoms with E-state index in [0.29, 0.717) is 38.5 Å². The molecule has 0 aromatic carbocycles. The summed E-state index contributed by atoms with van der Waals surface area (Å²) in [6, 6.07) is 0. The van der Waals surface area contributed by atoms with E-state index in [0.717, 1.165) is 18.3 Å². The highest BCUT2D eigenvalue weighted by Gasteiger charge is 2.71. The minimum Gasteiger partial charge on any atom is -0.458 e. The van der Waals surface area contributed by atoms with Gasteiger partial charge in [0.25, 0.3) is 0 Å². The first-order valence-electron chi connectivity index (χ1n) is 15.4. The lowest BCUT2D eigenvalue weighted by atomic mass is 9.43. The summed E-state index contributed by atoms with van der Waals surface area (Å²) < 4.78 is 22.3. The van der Waals surface area contributed by atoms with Gasteiger partial charge in [-0.25, -0.2) is 4.79 Å². The van der Waals surface area contributed by atoms with E-state index in [1.807, 2.05) is 6.92 Å². The predicted octanol–water partition coefficient (Wildman–Crippen LogP) is 1.18. The van der Waals surface area contributed by atoms with Crippen LogP contribution in [0.2, 0.25) is 0 Å². The molecule has 11 heteroatoms. The average Bonchev–Trinajstić information content (AvgIpc) is 3.45.